The number of anilines is 1. The Bertz CT molecular complexity index is 908. The van der Waals surface area contributed by atoms with E-state index in [0.717, 1.165) is 12.8 Å². The maximum atomic E-state index is 14.8. The molecule has 1 aromatic carbocycles. The van der Waals surface area contributed by atoms with Crippen molar-refractivity contribution < 1.29 is 13.9 Å². The minimum absolute atomic E-state index is 0.227. The highest BCUT2D eigenvalue weighted by Crippen LogP contribution is 2.32. The summed E-state index contributed by atoms with van der Waals surface area (Å²) in [5.41, 5.74) is 1.78. The fourth-order valence-electron chi connectivity index (χ4n) is 3.39. The van der Waals surface area contributed by atoms with Crippen molar-refractivity contribution in [3.05, 3.63) is 35.9 Å². The van der Waals surface area contributed by atoms with E-state index in [0.29, 0.717) is 49.8 Å². The SMILES string of the molecule is COC(=S)NCc1cn(-c2ccc(N3CCN(C(=O)C4CC4)CC3)c(F)c2)nn1. The Morgan fingerprint density at radius 2 is 2.07 bits per heavy atom. The van der Waals surface area contributed by atoms with Crippen LogP contribution in [0.3, 0.4) is 0 Å². The van der Waals surface area contributed by atoms with E-state index in [2.05, 4.69) is 15.6 Å². The second-order valence-corrected chi connectivity index (χ2v) is 7.59. The molecule has 1 aromatic heterocycles. The van der Waals surface area contributed by atoms with Crippen LogP contribution in [0.15, 0.2) is 24.4 Å². The summed E-state index contributed by atoms with van der Waals surface area (Å²) in [6.07, 6.45) is 3.73. The Labute approximate surface area is 173 Å². The number of thiocarbonyl (C=S) groups is 1. The van der Waals surface area contributed by atoms with Gasteiger partial charge in [0.05, 0.1) is 31.2 Å². The number of aromatic nitrogens is 3. The third-order valence-electron chi connectivity index (χ3n) is 5.19. The molecule has 1 aliphatic carbocycles. The van der Waals surface area contributed by atoms with Gasteiger partial charge in [-0.05, 0) is 37.2 Å². The highest BCUT2D eigenvalue weighted by atomic mass is 32.1. The van der Waals surface area contributed by atoms with Gasteiger partial charge in [0.25, 0.3) is 5.17 Å². The Balaban J connectivity index is 1.39. The number of nitrogens with one attached hydrogen (secondary N) is 1. The second-order valence-electron chi connectivity index (χ2n) is 7.22. The van der Waals surface area contributed by atoms with Crippen molar-refractivity contribution in [1.82, 2.24) is 25.2 Å². The van der Waals surface area contributed by atoms with E-state index in [1.807, 2.05) is 15.9 Å². The smallest absolute Gasteiger partial charge is 0.256 e. The van der Waals surface area contributed by atoms with Gasteiger partial charge in [-0.2, -0.15) is 0 Å². The van der Waals surface area contributed by atoms with E-state index in [4.69, 9.17) is 17.0 Å². The van der Waals surface area contributed by atoms with E-state index < -0.39 is 0 Å². The van der Waals surface area contributed by atoms with Gasteiger partial charge in [0.2, 0.25) is 5.91 Å². The topological polar surface area (TPSA) is 75.5 Å². The predicted octanol–water partition coefficient (Wildman–Crippen LogP) is 1.49. The molecule has 0 bridgehead atoms. The Hall–Kier alpha value is -2.75. The lowest BCUT2D eigenvalue weighted by Crippen LogP contribution is -2.49. The minimum Gasteiger partial charge on any atom is -0.474 e. The van der Waals surface area contributed by atoms with Crippen molar-refractivity contribution in [1.29, 1.82) is 0 Å². The monoisotopic (exact) mass is 418 g/mol. The standard InChI is InChI=1S/C19H23FN6O2S/c1-28-19(29)21-11-14-12-26(23-22-14)15-4-5-17(16(20)10-15)24-6-8-25(9-7-24)18(27)13-2-3-13/h4-5,10,12-13H,2-3,6-9,11H2,1H3,(H,21,29). The molecule has 0 radical (unpaired) electrons. The zero-order valence-corrected chi connectivity index (χ0v) is 17.0. The number of nitrogens with zero attached hydrogens (tertiary/aromatic N) is 5. The minimum atomic E-state index is -0.319. The Morgan fingerprint density at radius 3 is 2.72 bits per heavy atom. The zero-order chi connectivity index (χ0) is 20.4. The fourth-order valence-corrected chi connectivity index (χ4v) is 3.46. The maximum absolute atomic E-state index is 14.8. The molecule has 2 aromatic rings. The van der Waals surface area contributed by atoms with E-state index >= 15 is 0 Å². The molecule has 0 atom stereocenters. The number of hydrogen-bond acceptors (Lipinski definition) is 6. The summed E-state index contributed by atoms with van der Waals surface area (Å²) in [5.74, 6) is 0.161. The van der Waals surface area contributed by atoms with Crippen molar-refractivity contribution in [3.63, 3.8) is 0 Å². The number of methoxy groups -OCH3 is 1. The highest BCUT2D eigenvalue weighted by molar-refractivity contribution is 7.80. The zero-order valence-electron chi connectivity index (χ0n) is 16.2. The van der Waals surface area contributed by atoms with E-state index in [-0.39, 0.29) is 22.8 Å². The molecule has 4 rings (SSSR count). The number of amides is 1. The van der Waals surface area contributed by atoms with Crippen molar-refractivity contribution in [3.8, 4) is 5.69 Å². The van der Waals surface area contributed by atoms with Crippen LogP contribution in [0.1, 0.15) is 18.5 Å². The molecule has 0 spiro atoms. The van der Waals surface area contributed by atoms with Crippen molar-refractivity contribution in [2.75, 3.05) is 38.2 Å². The van der Waals surface area contributed by atoms with Crippen molar-refractivity contribution in [2.45, 2.75) is 19.4 Å². The molecule has 2 fully saturated rings. The molecule has 0 unspecified atom stereocenters. The van der Waals surface area contributed by atoms with Crippen molar-refractivity contribution in [2.24, 2.45) is 5.92 Å². The number of benzene rings is 1. The number of carbonyl (C=O) groups is 1. The van der Waals surface area contributed by atoms with Crippen LogP contribution in [0.5, 0.6) is 0 Å². The molecule has 1 saturated carbocycles. The third kappa shape index (κ3) is 4.47. The lowest BCUT2D eigenvalue weighted by atomic mass is 10.2. The Morgan fingerprint density at radius 1 is 1.31 bits per heavy atom. The molecule has 29 heavy (non-hydrogen) atoms. The van der Waals surface area contributed by atoms with Gasteiger partial charge in [-0.3, -0.25) is 4.79 Å². The fraction of sp³-hybridized carbons (Fsp3) is 0.474. The molecule has 2 aliphatic rings. The number of rotatable bonds is 5. The first-order valence-electron chi connectivity index (χ1n) is 9.62. The van der Waals surface area contributed by atoms with E-state index in [9.17, 15) is 9.18 Å². The lowest BCUT2D eigenvalue weighted by molar-refractivity contribution is -0.132. The number of hydrogen-bond donors (Lipinski definition) is 1. The van der Waals surface area contributed by atoms with Crippen LogP contribution in [0, 0.1) is 11.7 Å². The van der Waals surface area contributed by atoms with Gasteiger partial charge < -0.3 is 19.9 Å². The molecule has 154 valence electrons. The molecular formula is C19H23FN6O2S. The van der Waals surface area contributed by atoms with Gasteiger partial charge in [-0.1, -0.05) is 5.21 Å². The number of piperazine rings is 1. The molecule has 2 heterocycles. The lowest BCUT2D eigenvalue weighted by Gasteiger charge is -2.36. The van der Waals surface area contributed by atoms with Crippen LogP contribution >= 0.6 is 12.2 Å². The van der Waals surface area contributed by atoms with Gasteiger partial charge >= 0.3 is 0 Å². The molecule has 1 aliphatic heterocycles. The number of halogens is 1. The molecular weight excluding hydrogens is 395 g/mol. The summed E-state index contributed by atoms with van der Waals surface area (Å²) >= 11 is 4.92. The van der Waals surface area contributed by atoms with Crippen LogP contribution in [0.4, 0.5) is 10.1 Å². The summed E-state index contributed by atoms with van der Waals surface area (Å²) in [6, 6.07) is 5.01. The van der Waals surface area contributed by atoms with Crippen molar-refractivity contribution >= 4 is 29.0 Å². The number of ether oxygens (including phenoxy) is 1. The van der Waals surface area contributed by atoms with Gasteiger partial charge in [-0.15, -0.1) is 5.10 Å². The third-order valence-corrected chi connectivity index (χ3v) is 5.51. The summed E-state index contributed by atoms with van der Waals surface area (Å²) < 4.78 is 21.2. The Kier molecular flexibility index (Phi) is 5.61. The quantitative estimate of drug-likeness (QED) is 0.738. The predicted molar refractivity (Wildman–Crippen MR) is 109 cm³/mol. The van der Waals surface area contributed by atoms with E-state index in [1.54, 1.807) is 12.3 Å². The maximum Gasteiger partial charge on any atom is 0.256 e. The van der Waals surface area contributed by atoms with Crippen LogP contribution in [0.2, 0.25) is 0 Å². The average Bonchev–Trinajstić information content (AvgIpc) is 3.49. The largest absolute Gasteiger partial charge is 0.474 e. The summed E-state index contributed by atoms with van der Waals surface area (Å²) in [6.45, 7) is 2.91. The summed E-state index contributed by atoms with van der Waals surface area (Å²) in [4.78, 5) is 16.1. The average molecular weight is 418 g/mol. The second kappa shape index (κ2) is 8.32. The van der Waals surface area contributed by atoms with Gasteiger partial charge in [0.15, 0.2) is 0 Å². The molecule has 1 amide bonds. The van der Waals surface area contributed by atoms with E-state index in [1.165, 1.54) is 17.9 Å². The van der Waals surface area contributed by atoms with Crippen LogP contribution in [0.25, 0.3) is 5.69 Å². The van der Waals surface area contributed by atoms with Gasteiger partial charge in [0.1, 0.15) is 11.5 Å². The molecule has 8 nitrogen and oxygen atoms in total. The molecule has 1 saturated heterocycles. The van der Waals surface area contributed by atoms with Crippen LogP contribution < -0.4 is 10.2 Å². The molecule has 1 N–H and O–H groups in total. The van der Waals surface area contributed by atoms with Gasteiger partial charge in [0, 0.05) is 38.2 Å². The van der Waals surface area contributed by atoms with Gasteiger partial charge in [-0.25, -0.2) is 9.07 Å². The summed E-state index contributed by atoms with van der Waals surface area (Å²) in [7, 11) is 1.49. The van der Waals surface area contributed by atoms with Crippen LogP contribution in [-0.2, 0) is 16.1 Å². The number of carbonyl (C=O) groups excluding carboxylic acids is 1. The normalized spacial score (nSPS) is 16.6. The first-order chi connectivity index (χ1) is 14.0. The highest BCUT2D eigenvalue weighted by Gasteiger charge is 2.34. The van der Waals surface area contributed by atoms with Crippen LogP contribution in [-0.4, -0.2) is 64.3 Å². The molecule has 10 heteroatoms. The summed E-state index contributed by atoms with van der Waals surface area (Å²) in [5, 5.41) is 11.2. The first kappa shape index (κ1) is 19.6. The first-order valence-corrected chi connectivity index (χ1v) is 10.0.